The molecule has 2 N–H and O–H groups in total. The van der Waals surface area contributed by atoms with Gasteiger partial charge in [-0.15, -0.1) is 13.2 Å². The van der Waals surface area contributed by atoms with E-state index in [0.29, 0.717) is 31.4 Å². The molecule has 46 heavy (non-hydrogen) atoms. The van der Waals surface area contributed by atoms with E-state index in [4.69, 9.17) is 9.47 Å². The lowest BCUT2D eigenvalue weighted by atomic mass is 9.70. The smallest absolute Gasteiger partial charge is 0.313 e. The van der Waals surface area contributed by atoms with Gasteiger partial charge in [-0.25, -0.2) is 0 Å². The maximum Gasteiger partial charge on any atom is 0.313 e. The number of aliphatic hydroxyl groups is 1. The predicted molar refractivity (Wildman–Crippen MR) is 171 cm³/mol. The first-order valence-corrected chi connectivity index (χ1v) is 15.9. The molecule has 3 aliphatic heterocycles. The average molecular weight is 630 g/mol. The largest absolute Gasteiger partial charge is 0.455 e. The molecule has 2 aromatic rings. The molecule has 5 rings (SSSR count). The van der Waals surface area contributed by atoms with E-state index >= 15 is 0 Å². The zero-order chi connectivity index (χ0) is 32.8. The first-order chi connectivity index (χ1) is 22.2. The molecule has 0 unspecified atom stereocenters. The Hall–Kier alpha value is -4.28. The molecule has 2 bridgehead atoms. The lowest BCUT2D eigenvalue weighted by Crippen LogP contribution is -2.56. The van der Waals surface area contributed by atoms with Crippen LogP contribution in [0.4, 0.5) is 0 Å². The molecule has 10 heteroatoms. The minimum absolute atomic E-state index is 0.0725. The van der Waals surface area contributed by atoms with Gasteiger partial charge in [0.25, 0.3) is 0 Å². The quantitative estimate of drug-likeness (QED) is 0.229. The van der Waals surface area contributed by atoms with Gasteiger partial charge in [0.1, 0.15) is 17.7 Å². The summed E-state index contributed by atoms with van der Waals surface area (Å²) in [6.45, 7) is 9.39. The van der Waals surface area contributed by atoms with Crippen molar-refractivity contribution in [1.29, 1.82) is 0 Å². The highest BCUT2D eigenvalue weighted by Crippen LogP contribution is 2.59. The van der Waals surface area contributed by atoms with Crippen molar-refractivity contribution in [2.45, 2.75) is 69.0 Å². The van der Waals surface area contributed by atoms with Crippen molar-refractivity contribution in [2.24, 2.45) is 11.8 Å². The Morgan fingerprint density at radius 2 is 1.83 bits per heavy atom. The topological polar surface area (TPSA) is 125 Å². The van der Waals surface area contributed by atoms with E-state index in [1.165, 1.54) is 4.90 Å². The van der Waals surface area contributed by atoms with Gasteiger partial charge in [0.05, 0.1) is 30.6 Å². The number of amides is 3. The molecule has 0 radical (unpaired) electrons. The minimum atomic E-state index is -1.24. The van der Waals surface area contributed by atoms with Crippen LogP contribution in [0.2, 0.25) is 0 Å². The van der Waals surface area contributed by atoms with Crippen LogP contribution in [0.1, 0.15) is 49.8 Å². The fraction of sp³-hybridized carbons (Fsp3) is 0.444. The summed E-state index contributed by atoms with van der Waals surface area (Å²) in [5.41, 5.74) is 0.376. The number of carbonyl (C=O) groups excluding carboxylic acids is 4. The van der Waals surface area contributed by atoms with E-state index in [-0.39, 0.29) is 37.9 Å². The molecule has 0 aromatic heterocycles. The zero-order valence-electron chi connectivity index (χ0n) is 26.3. The van der Waals surface area contributed by atoms with Gasteiger partial charge in [-0.2, -0.15) is 0 Å². The summed E-state index contributed by atoms with van der Waals surface area (Å²) in [6.07, 6.45) is 3.53. The number of nitrogens with one attached hydrogen (secondary N) is 1. The maximum absolute atomic E-state index is 14.4. The number of rotatable bonds is 15. The Kier molecular flexibility index (Phi) is 10.4. The predicted octanol–water partition coefficient (Wildman–Crippen LogP) is 3.32. The fourth-order valence-corrected chi connectivity index (χ4v) is 7.35. The van der Waals surface area contributed by atoms with E-state index in [1.807, 2.05) is 60.7 Å². The van der Waals surface area contributed by atoms with Gasteiger partial charge in [0.15, 0.2) is 0 Å². The second kappa shape index (κ2) is 14.4. The number of benzene rings is 2. The van der Waals surface area contributed by atoms with Gasteiger partial charge in [-0.05, 0) is 37.3 Å². The van der Waals surface area contributed by atoms with E-state index in [1.54, 1.807) is 24.0 Å². The molecule has 10 nitrogen and oxygen atoms in total. The molecule has 3 aliphatic rings. The van der Waals surface area contributed by atoms with Crippen LogP contribution >= 0.6 is 0 Å². The number of aliphatic hydroxyl groups excluding tert-OH is 1. The van der Waals surface area contributed by atoms with Crippen LogP contribution in [0.5, 0.6) is 0 Å². The number of nitrogens with zero attached hydrogens (tertiary/aromatic N) is 2. The number of esters is 1. The Morgan fingerprint density at radius 3 is 2.48 bits per heavy atom. The van der Waals surface area contributed by atoms with Crippen molar-refractivity contribution < 1.29 is 33.8 Å². The van der Waals surface area contributed by atoms with Crippen LogP contribution in [0.3, 0.4) is 0 Å². The standard InChI is InChI=1S/C36H43N3O7/c1-4-6-17-28(41)37-24(3)31(26-15-11-8-12-16-26)45-35(44)29-27-18-19-36(46-27)30(29)33(42)39(21-22-40)32(36)34(43)38(20-5-2)23-25-13-9-7-10-14-25/h4-5,7-16,24,27,29-32,40H,1-2,6,17-23H2,3H3,(H,37,41)/t24-,27+,29-,30-,31-,32+,36-/m1/s1. The third kappa shape index (κ3) is 6.37. The van der Waals surface area contributed by atoms with E-state index in [2.05, 4.69) is 18.5 Å². The van der Waals surface area contributed by atoms with Crippen LogP contribution in [-0.4, -0.2) is 82.1 Å². The maximum atomic E-state index is 14.4. The second-order valence-corrected chi connectivity index (χ2v) is 12.3. The van der Waals surface area contributed by atoms with E-state index < -0.39 is 53.6 Å². The number of ether oxygens (including phenoxy) is 2. The summed E-state index contributed by atoms with van der Waals surface area (Å²) in [7, 11) is 0. The number of hydrogen-bond acceptors (Lipinski definition) is 7. The number of hydrogen-bond donors (Lipinski definition) is 2. The Labute approximate surface area is 270 Å². The first-order valence-electron chi connectivity index (χ1n) is 15.9. The van der Waals surface area contributed by atoms with E-state index in [0.717, 1.165) is 5.56 Å². The summed E-state index contributed by atoms with van der Waals surface area (Å²) >= 11 is 0. The van der Waals surface area contributed by atoms with Crippen LogP contribution in [-0.2, 0) is 35.2 Å². The number of likely N-dealkylation sites (tertiary alicyclic amines) is 1. The van der Waals surface area contributed by atoms with Crippen molar-refractivity contribution in [3.8, 4) is 0 Å². The number of fused-ring (bicyclic) bond motifs is 1. The third-order valence-corrected chi connectivity index (χ3v) is 9.31. The van der Waals surface area contributed by atoms with Crippen molar-refractivity contribution in [2.75, 3.05) is 19.7 Å². The number of β-amino-alcohol motifs (C(OH)–C–C–N with tert-alkyl or cyclic N) is 1. The molecule has 7 atom stereocenters. The second-order valence-electron chi connectivity index (χ2n) is 12.3. The summed E-state index contributed by atoms with van der Waals surface area (Å²) < 4.78 is 12.7. The first kappa shape index (κ1) is 33.1. The Bertz CT molecular complexity index is 1430. The highest BCUT2D eigenvalue weighted by Gasteiger charge is 2.75. The highest BCUT2D eigenvalue weighted by atomic mass is 16.6. The average Bonchev–Trinajstić information content (AvgIpc) is 3.70. The molecule has 0 aliphatic carbocycles. The summed E-state index contributed by atoms with van der Waals surface area (Å²) in [5, 5.41) is 12.9. The molecular formula is C36H43N3O7. The van der Waals surface area contributed by atoms with Gasteiger partial charge >= 0.3 is 5.97 Å². The monoisotopic (exact) mass is 629 g/mol. The highest BCUT2D eigenvalue weighted by molar-refractivity contribution is 5.98. The van der Waals surface area contributed by atoms with Crippen molar-refractivity contribution >= 4 is 23.7 Å². The molecule has 3 saturated heterocycles. The van der Waals surface area contributed by atoms with Gasteiger partial charge in [0, 0.05) is 26.1 Å². The number of allylic oxidation sites excluding steroid dienone is 1. The molecule has 1 spiro atoms. The molecule has 2 aromatic carbocycles. The lowest BCUT2D eigenvalue weighted by molar-refractivity contribution is -0.162. The van der Waals surface area contributed by atoms with Crippen molar-refractivity contribution in [3.05, 3.63) is 97.1 Å². The van der Waals surface area contributed by atoms with Crippen LogP contribution in [0.15, 0.2) is 86.0 Å². The number of carbonyl (C=O) groups is 4. The van der Waals surface area contributed by atoms with Gasteiger partial charge in [-0.1, -0.05) is 72.8 Å². The SMILES string of the molecule is C=CCCC(=O)N[C@H](C)[C@@H](OC(=O)[C@@H]1[C@@H]2CC[C@]3(O2)[C@H](C(=O)N(CC=C)Cc2ccccc2)N(CCO)C(=O)[C@@H]13)c1ccccc1. The fourth-order valence-electron chi connectivity index (χ4n) is 7.35. The summed E-state index contributed by atoms with van der Waals surface area (Å²) in [5.74, 6) is -3.43. The van der Waals surface area contributed by atoms with Gasteiger partial charge in [-0.3, -0.25) is 19.2 Å². The third-order valence-electron chi connectivity index (χ3n) is 9.31. The Balaban J connectivity index is 1.43. The van der Waals surface area contributed by atoms with Crippen molar-refractivity contribution in [1.82, 2.24) is 15.1 Å². The van der Waals surface area contributed by atoms with Crippen LogP contribution < -0.4 is 5.32 Å². The van der Waals surface area contributed by atoms with Crippen LogP contribution in [0.25, 0.3) is 0 Å². The van der Waals surface area contributed by atoms with Crippen molar-refractivity contribution in [3.63, 3.8) is 0 Å². The molecule has 244 valence electrons. The summed E-state index contributed by atoms with van der Waals surface area (Å²) in [4.78, 5) is 58.2. The molecular weight excluding hydrogens is 586 g/mol. The molecule has 3 fully saturated rings. The normalized spacial score (nSPS) is 25.8. The van der Waals surface area contributed by atoms with Gasteiger partial charge < -0.3 is 29.7 Å². The van der Waals surface area contributed by atoms with E-state index in [9.17, 15) is 24.3 Å². The zero-order valence-corrected chi connectivity index (χ0v) is 26.3. The Morgan fingerprint density at radius 1 is 1.13 bits per heavy atom. The molecule has 3 amide bonds. The molecule has 0 saturated carbocycles. The summed E-state index contributed by atoms with van der Waals surface area (Å²) in [6, 6.07) is 17.1. The minimum Gasteiger partial charge on any atom is -0.455 e. The molecule has 3 heterocycles. The van der Waals surface area contributed by atoms with Gasteiger partial charge in [0.2, 0.25) is 17.7 Å². The van der Waals surface area contributed by atoms with Crippen LogP contribution in [0, 0.1) is 11.8 Å². The lowest BCUT2D eigenvalue weighted by Gasteiger charge is -2.36.